The van der Waals surface area contributed by atoms with Crippen LogP contribution in [0.2, 0.25) is 0 Å². The largest absolute Gasteiger partial charge is 0.383 e. The van der Waals surface area contributed by atoms with Crippen LogP contribution in [0.4, 0.5) is 14.6 Å². The van der Waals surface area contributed by atoms with Crippen LogP contribution in [0.15, 0.2) is 43.4 Å². The number of nitrogens with two attached hydrogens (primary N) is 1. The predicted octanol–water partition coefficient (Wildman–Crippen LogP) is 2.74. The number of imidazole rings is 1. The van der Waals surface area contributed by atoms with Gasteiger partial charge in [-0.25, -0.2) is 18.7 Å². The lowest BCUT2D eigenvalue weighted by Crippen LogP contribution is -2.35. The highest BCUT2D eigenvalue weighted by Crippen LogP contribution is 2.32. The SMILES string of the molecule is C=CC(=O)N1CC(n2nc(C#Cc3cc4ncn(C)c4cc3F)c3c(N)nccc32)C[C@@H]1CF. The molecule has 1 saturated heterocycles. The third kappa shape index (κ3) is 3.46. The summed E-state index contributed by atoms with van der Waals surface area (Å²) in [6.45, 7) is 3.11. The number of halogens is 2. The number of likely N-dealkylation sites (tertiary alicyclic amines) is 1. The summed E-state index contributed by atoms with van der Waals surface area (Å²) in [5.74, 6) is 5.19. The number of aromatic nitrogens is 5. The Morgan fingerprint density at radius 3 is 2.91 bits per heavy atom. The smallest absolute Gasteiger partial charge is 0.246 e. The highest BCUT2D eigenvalue weighted by Gasteiger charge is 2.36. The van der Waals surface area contributed by atoms with Crippen molar-refractivity contribution in [1.82, 2.24) is 29.2 Å². The van der Waals surface area contributed by atoms with Gasteiger partial charge in [0, 0.05) is 25.9 Å². The van der Waals surface area contributed by atoms with E-state index in [-0.39, 0.29) is 29.9 Å². The van der Waals surface area contributed by atoms with Gasteiger partial charge in [0.1, 0.15) is 24.0 Å². The first-order valence-electron chi connectivity index (χ1n) is 10.7. The monoisotopic (exact) mass is 461 g/mol. The Labute approximate surface area is 193 Å². The number of rotatable bonds is 3. The normalized spacial score (nSPS) is 17.8. The number of anilines is 1. The van der Waals surface area contributed by atoms with Crippen LogP contribution < -0.4 is 5.73 Å². The molecular weight excluding hydrogens is 440 g/mol. The summed E-state index contributed by atoms with van der Waals surface area (Å²) in [7, 11) is 1.79. The third-order valence-corrected chi connectivity index (χ3v) is 6.15. The van der Waals surface area contributed by atoms with Crippen molar-refractivity contribution in [3.05, 3.63) is 60.5 Å². The molecule has 3 aromatic heterocycles. The number of benzene rings is 1. The van der Waals surface area contributed by atoms with Crippen LogP contribution in [0, 0.1) is 17.7 Å². The molecule has 0 bridgehead atoms. The van der Waals surface area contributed by atoms with Crippen molar-refractivity contribution in [2.45, 2.75) is 18.5 Å². The van der Waals surface area contributed by atoms with E-state index in [0.717, 1.165) is 0 Å². The van der Waals surface area contributed by atoms with Crippen LogP contribution in [0.5, 0.6) is 0 Å². The maximum Gasteiger partial charge on any atom is 0.246 e. The molecule has 4 heterocycles. The maximum atomic E-state index is 14.7. The molecule has 1 aliphatic rings. The quantitative estimate of drug-likeness (QED) is 0.374. The summed E-state index contributed by atoms with van der Waals surface area (Å²) in [5, 5.41) is 5.15. The lowest BCUT2D eigenvalue weighted by molar-refractivity contribution is -0.127. The van der Waals surface area contributed by atoms with Gasteiger partial charge in [-0.3, -0.25) is 9.48 Å². The van der Waals surface area contributed by atoms with Crippen molar-refractivity contribution in [2.24, 2.45) is 7.05 Å². The molecule has 0 saturated carbocycles. The molecule has 5 rings (SSSR count). The number of alkyl halides is 1. The van der Waals surface area contributed by atoms with Crippen LogP contribution in [-0.2, 0) is 11.8 Å². The Hall–Kier alpha value is -4.26. The molecule has 10 heteroatoms. The molecule has 1 amide bonds. The van der Waals surface area contributed by atoms with Gasteiger partial charge in [-0.05, 0) is 30.6 Å². The molecule has 4 aromatic rings. The molecule has 172 valence electrons. The van der Waals surface area contributed by atoms with Crippen LogP contribution in [-0.4, -0.2) is 54.4 Å². The zero-order valence-corrected chi connectivity index (χ0v) is 18.4. The van der Waals surface area contributed by atoms with E-state index in [2.05, 4.69) is 33.5 Å². The average Bonchev–Trinajstić information content (AvgIpc) is 3.53. The molecule has 2 atom stereocenters. The molecule has 1 fully saturated rings. The summed E-state index contributed by atoms with van der Waals surface area (Å²) in [5.41, 5.74) is 8.59. The molecule has 8 nitrogen and oxygen atoms in total. The zero-order valence-electron chi connectivity index (χ0n) is 18.4. The summed E-state index contributed by atoms with van der Waals surface area (Å²) in [6, 6.07) is 3.86. The molecule has 1 unspecified atom stereocenters. The highest BCUT2D eigenvalue weighted by atomic mass is 19.1. The minimum atomic E-state index is -0.666. The lowest BCUT2D eigenvalue weighted by atomic mass is 10.1. The first kappa shape index (κ1) is 21.6. The topological polar surface area (TPSA) is 94.9 Å². The summed E-state index contributed by atoms with van der Waals surface area (Å²) >= 11 is 0. The van der Waals surface area contributed by atoms with Crippen LogP contribution in [0.3, 0.4) is 0 Å². The Balaban J connectivity index is 1.58. The fourth-order valence-corrected chi connectivity index (χ4v) is 4.45. The highest BCUT2D eigenvalue weighted by molar-refractivity contribution is 5.93. The van der Waals surface area contributed by atoms with E-state index in [9.17, 15) is 13.6 Å². The Kier molecular flexibility index (Phi) is 5.24. The van der Waals surface area contributed by atoms with Gasteiger partial charge in [-0.2, -0.15) is 5.10 Å². The fourth-order valence-electron chi connectivity index (χ4n) is 4.45. The van der Waals surface area contributed by atoms with Crippen molar-refractivity contribution in [3.63, 3.8) is 0 Å². The van der Waals surface area contributed by atoms with Crippen molar-refractivity contribution in [3.8, 4) is 11.8 Å². The van der Waals surface area contributed by atoms with E-state index in [1.165, 1.54) is 17.0 Å². The number of nitrogens with zero attached hydrogens (tertiary/aromatic N) is 6. The number of hydrogen-bond acceptors (Lipinski definition) is 5. The second-order valence-corrected chi connectivity index (χ2v) is 8.20. The van der Waals surface area contributed by atoms with Crippen molar-refractivity contribution >= 4 is 33.7 Å². The number of carbonyl (C=O) groups excluding carboxylic acids is 1. The lowest BCUT2D eigenvalue weighted by Gasteiger charge is -2.20. The number of aryl methyl sites for hydroxylation is 1. The average molecular weight is 461 g/mol. The van der Waals surface area contributed by atoms with Gasteiger partial charge in [-0.15, -0.1) is 0 Å². The minimum Gasteiger partial charge on any atom is -0.383 e. The van der Waals surface area contributed by atoms with E-state index >= 15 is 0 Å². The van der Waals surface area contributed by atoms with Gasteiger partial charge >= 0.3 is 0 Å². The third-order valence-electron chi connectivity index (χ3n) is 6.15. The first-order valence-corrected chi connectivity index (χ1v) is 10.7. The second kappa shape index (κ2) is 8.26. The molecule has 2 N–H and O–H groups in total. The number of pyridine rings is 1. The van der Waals surface area contributed by atoms with Gasteiger partial charge in [0.05, 0.1) is 45.9 Å². The maximum absolute atomic E-state index is 14.7. The molecular formula is C24H21F2N7O. The summed E-state index contributed by atoms with van der Waals surface area (Å²) in [4.78, 5) is 22.0. The Morgan fingerprint density at radius 1 is 1.32 bits per heavy atom. The van der Waals surface area contributed by atoms with Crippen LogP contribution in [0.1, 0.15) is 23.7 Å². The summed E-state index contributed by atoms with van der Waals surface area (Å²) in [6.07, 6.45) is 4.72. The fraction of sp³-hybridized carbons (Fsp3) is 0.250. The number of nitrogen functional groups attached to an aromatic ring is 1. The molecule has 1 aromatic carbocycles. The Bertz CT molecular complexity index is 1510. The van der Waals surface area contributed by atoms with E-state index in [1.807, 2.05) is 0 Å². The molecule has 0 radical (unpaired) electrons. The van der Waals surface area contributed by atoms with Crippen LogP contribution >= 0.6 is 0 Å². The van der Waals surface area contributed by atoms with Crippen molar-refractivity contribution < 1.29 is 13.6 Å². The molecule has 34 heavy (non-hydrogen) atoms. The van der Waals surface area contributed by atoms with E-state index in [4.69, 9.17) is 5.73 Å². The van der Waals surface area contributed by atoms with E-state index < -0.39 is 18.5 Å². The minimum absolute atomic E-state index is 0.178. The summed E-state index contributed by atoms with van der Waals surface area (Å²) < 4.78 is 31.7. The van der Waals surface area contributed by atoms with Gasteiger partial charge in [0.2, 0.25) is 5.91 Å². The second-order valence-electron chi connectivity index (χ2n) is 8.20. The molecule has 0 aliphatic carbocycles. The van der Waals surface area contributed by atoms with Crippen molar-refractivity contribution in [2.75, 3.05) is 19.0 Å². The van der Waals surface area contributed by atoms with Gasteiger partial charge in [0.25, 0.3) is 0 Å². The van der Waals surface area contributed by atoms with E-state index in [0.29, 0.717) is 34.1 Å². The van der Waals surface area contributed by atoms with Crippen molar-refractivity contribution in [1.29, 1.82) is 0 Å². The van der Waals surface area contributed by atoms with Gasteiger partial charge in [-0.1, -0.05) is 12.5 Å². The molecule has 0 spiro atoms. The number of amides is 1. The standard InChI is InChI=1S/C24H21F2N7O/c1-3-22(34)32-12-16(9-15(32)11-25)33-20-6-7-28-24(27)23(20)18(30-33)5-4-14-8-19-21(10-17(14)26)31(2)13-29-19/h3,6-8,10,13,15-16H,1,9,11-12H2,2H3,(H2,27,28)/t15-,16?/m1/s1. The molecule has 1 aliphatic heterocycles. The Morgan fingerprint density at radius 2 is 2.15 bits per heavy atom. The number of hydrogen-bond donors (Lipinski definition) is 1. The predicted molar refractivity (Wildman–Crippen MR) is 124 cm³/mol. The van der Waals surface area contributed by atoms with Crippen LogP contribution in [0.25, 0.3) is 21.9 Å². The number of carbonyl (C=O) groups is 1. The zero-order chi connectivity index (χ0) is 24.0. The van der Waals surface area contributed by atoms with Gasteiger partial charge in [0.15, 0.2) is 0 Å². The first-order chi connectivity index (χ1) is 16.4. The van der Waals surface area contributed by atoms with E-state index in [1.54, 1.807) is 41.0 Å². The van der Waals surface area contributed by atoms with Gasteiger partial charge < -0.3 is 15.2 Å². The number of fused-ring (bicyclic) bond motifs is 2.